The van der Waals surface area contributed by atoms with Crippen LogP contribution in [0.1, 0.15) is 36.8 Å². The van der Waals surface area contributed by atoms with Gasteiger partial charge in [-0.1, -0.05) is 56.1 Å². The Morgan fingerprint density at radius 3 is 1.69 bits per heavy atom. The molecule has 1 aromatic rings. The minimum atomic E-state index is 1.12. The lowest BCUT2D eigenvalue weighted by atomic mass is 10.0. The van der Waals surface area contributed by atoms with Crippen LogP contribution in [-0.4, -0.2) is 10.7 Å². The number of hydrogen-bond donors (Lipinski definition) is 0. The zero-order valence-electron chi connectivity index (χ0n) is 9.72. The maximum absolute atomic E-state index is 3.48. The monoisotopic (exact) mass is 346 g/mol. The average Bonchev–Trinajstić information content (AvgIpc) is 2.30. The van der Waals surface area contributed by atoms with Crippen LogP contribution < -0.4 is 0 Å². The van der Waals surface area contributed by atoms with Crippen molar-refractivity contribution in [3.8, 4) is 0 Å². The molecule has 0 aliphatic heterocycles. The van der Waals surface area contributed by atoms with Gasteiger partial charge in [0.15, 0.2) is 0 Å². The standard InChI is InChI=1S/C14H20Br2/c15-10-3-1-6-13-8-5-9-14(12-13)7-2-4-11-16/h5,8-9,12H,1-4,6-7,10-11H2. The first-order chi connectivity index (χ1) is 7.86. The number of hydrogen-bond acceptors (Lipinski definition) is 0. The highest BCUT2D eigenvalue weighted by atomic mass is 79.9. The quantitative estimate of drug-likeness (QED) is 0.452. The number of halogens is 2. The molecule has 0 aromatic heterocycles. The van der Waals surface area contributed by atoms with Gasteiger partial charge in [-0.15, -0.1) is 0 Å². The Morgan fingerprint density at radius 1 is 0.750 bits per heavy atom. The highest BCUT2D eigenvalue weighted by Crippen LogP contribution is 2.12. The van der Waals surface area contributed by atoms with Gasteiger partial charge in [-0.3, -0.25) is 0 Å². The molecule has 0 unspecified atom stereocenters. The van der Waals surface area contributed by atoms with E-state index in [-0.39, 0.29) is 0 Å². The third-order valence-corrected chi connectivity index (χ3v) is 3.81. The molecule has 0 radical (unpaired) electrons. The van der Waals surface area contributed by atoms with Crippen molar-refractivity contribution in [2.75, 3.05) is 10.7 Å². The summed E-state index contributed by atoms with van der Waals surface area (Å²) in [5.41, 5.74) is 2.99. The Bertz CT molecular complexity index is 259. The Hall–Kier alpha value is 0.180. The first-order valence-corrected chi connectivity index (χ1v) is 8.31. The van der Waals surface area contributed by atoms with Crippen molar-refractivity contribution in [3.05, 3.63) is 35.4 Å². The fourth-order valence-electron chi connectivity index (χ4n) is 1.79. The van der Waals surface area contributed by atoms with Gasteiger partial charge in [-0.25, -0.2) is 0 Å². The summed E-state index contributed by atoms with van der Waals surface area (Å²) in [5.74, 6) is 0. The van der Waals surface area contributed by atoms with Crippen LogP contribution in [0.15, 0.2) is 24.3 Å². The number of unbranched alkanes of at least 4 members (excludes halogenated alkanes) is 2. The Morgan fingerprint density at radius 2 is 1.25 bits per heavy atom. The smallest absolute Gasteiger partial charge is 0.00314 e. The van der Waals surface area contributed by atoms with Gasteiger partial charge in [0.2, 0.25) is 0 Å². The predicted molar refractivity (Wildman–Crippen MR) is 79.9 cm³/mol. The highest BCUT2D eigenvalue weighted by Gasteiger charge is 1.97. The molecule has 0 fully saturated rings. The SMILES string of the molecule is BrCCCCc1cccc(CCCCBr)c1. The summed E-state index contributed by atoms with van der Waals surface area (Å²) in [5, 5.41) is 2.25. The van der Waals surface area contributed by atoms with Crippen LogP contribution in [0.5, 0.6) is 0 Å². The fourth-order valence-corrected chi connectivity index (χ4v) is 2.58. The van der Waals surface area contributed by atoms with Gasteiger partial charge in [0, 0.05) is 10.7 Å². The van der Waals surface area contributed by atoms with E-state index in [1.165, 1.54) is 49.7 Å². The van der Waals surface area contributed by atoms with Crippen molar-refractivity contribution in [1.29, 1.82) is 0 Å². The highest BCUT2D eigenvalue weighted by molar-refractivity contribution is 9.09. The lowest BCUT2D eigenvalue weighted by Gasteiger charge is -2.04. The van der Waals surface area contributed by atoms with Gasteiger partial charge in [0.05, 0.1) is 0 Å². The second-order valence-corrected chi connectivity index (χ2v) is 5.70. The molecule has 1 aromatic carbocycles. The van der Waals surface area contributed by atoms with Crippen molar-refractivity contribution < 1.29 is 0 Å². The summed E-state index contributed by atoms with van der Waals surface area (Å²) in [4.78, 5) is 0. The normalized spacial score (nSPS) is 10.6. The number of rotatable bonds is 8. The molecule has 90 valence electrons. The fraction of sp³-hybridized carbons (Fsp3) is 0.571. The van der Waals surface area contributed by atoms with Crippen LogP contribution in [0.2, 0.25) is 0 Å². The van der Waals surface area contributed by atoms with Gasteiger partial charge >= 0.3 is 0 Å². The maximum Gasteiger partial charge on any atom is 0.00314 e. The Balaban J connectivity index is 2.37. The molecular weight excluding hydrogens is 328 g/mol. The lowest BCUT2D eigenvalue weighted by molar-refractivity contribution is 0.790. The molecule has 16 heavy (non-hydrogen) atoms. The molecule has 2 heteroatoms. The van der Waals surface area contributed by atoms with Crippen molar-refractivity contribution >= 4 is 31.9 Å². The largest absolute Gasteiger partial charge is 0.0928 e. The Kier molecular flexibility index (Phi) is 8.22. The molecule has 0 aliphatic carbocycles. The third kappa shape index (κ3) is 6.05. The molecule has 0 heterocycles. The average molecular weight is 348 g/mol. The van der Waals surface area contributed by atoms with Crippen LogP contribution in [0.25, 0.3) is 0 Å². The van der Waals surface area contributed by atoms with Crippen molar-refractivity contribution in [2.24, 2.45) is 0 Å². The van der Waals surface area contributed by atoms with E-state index in [1.807, 2.05) is 0 Å². The zero-order chi connectivity index (χ0) is 11.6. The second-order valence-electron chi connectivity index (χ2n) is 4.11. The van der Waals surface area contributed by atoms with E-state index >= 15 is 0 Å². The van der Waals surface area contributed by atoms with Gasteiger partial charge in [-0.05, 0) is 49.7 Å². The van der Waals surface area contributed by atoms with E-state index in [0.29, 0.717) is 0 Å². The van der Waals surface area contributed by atoms with E-state index < -0.39 is 0 Å². The number of benzene rings is 1. The molecule has 0 N–H and O–H groups in total. The molecule has 0 bridgehead atoms. The first-order valence-electron chi connectivity index (χ1n) is 6.06. The maximum atomic E-state index is 3.48. The molecule has 0 atom stereocenters. The van der Waals surface area contributed by atoms with Gasteiger partial charge in [0.1, 0.15) is 0 Å². The zero-order valence-corrected chi connectivity index (χ0v) is 12.9. The summed E-state index contributed by atoms with van der Waals surface area (Å²) < 4.78 is 0. The molecule has 0 nitrogen and oxygen atoms in total. The summed E-state index contributed by atoms with van der Waals surface area (Å²) in [6.45, 7) is 0. The van der Waals surface area contributed by atoms with Crippen molar-refractivity contribution in [1.82, 2.24) is 0 Å². The van der Waals surface area contributed by atoms with Crippen LogP contribution in [0, 0.1) is 0 Å². The van der Waals surface area contributed by atoms with E-state index in [0.717, 1.165) is 10.7 Å². The Labute approximate surface area is 116 Å². The minimum absolute atomic E-state index is 1.12. The van der Waals surface area contributed by atoms with E-state index in [9.17, 15) is 0 Å². The van der Waals surface area contributed by atoms with E-state index in [4.69, 9.17) is 0 Å². The molecule has 0 amide bonds. The van der Waals surface area contributed by atoms with Crippen LogP contribution in [-0.2, 0) is 12.8 Å². The number of alkyl halides is 2. The first kappa shape index (κ1) is 14.2. The van der Waals surface area contributed by atoms with Gasteiger partial charge in [0.25, 0.3) is 0 Å². The van der Waals surface area contributed by atoms with Crippen LogP contribution in [0.4, 0.5) is 0 Å². The minimum Gasteiger partial charge on any atom is -0.0928 e. The van der Waals surface area contributed by atoms with Gasteiger partial charge in [-0.2, -0.15) is 0 Å². The molecule has 0 saturated heterocycles. The topological polar surface area (TPSA) is 0 Å². The molecule has 0 saturated carbocycles. The van der Waals surface area contributed by atoms with Crippen molar-refractivity contribution in [2.45, 2.75) is 38.5 Å². The summed E-state index contributed by atoms with van der Waals surface area (Å²) in [6.07, 6.45) is 7.56. The molecule has 1 rings (SSSR count). The van der Waals surface area contributed by atoms with E-state index in [2.05, 4.69) is 56.1 Å². The summed E-state index contributed by atoms with van der Waals surface area (Å²) >= 11 is 6.95. The summed E-state index contributed by atoms with van der Waals surface area (Å²) in [6, 6.07) is 9.08. The van der Waals surface area contributed by atoms with Crippen LogP contribution >= 0.6 is 31.9 Å². The van der Waals surface area contributed by atoms with E-state index in [1.54, 1.807) is 0 Å². The molecule has 0 aliphatic rings. The third-order valence-electron chi connectivity index (χ3n) is 2.69. The van der Waals surface area contributed by atoms with Gasteiger partial charge < -0.3 is 0 Å². The molecule has 0 spiro atoms. The predicted octanol–water partition coefficient (Wildman–Crippen LogP) is 5.12. The molecular formula is C14H20Br2. The van der Waals surface area contributed by atoms with Crippen molar-refractivity contribution in [3.63, 3.8) is 0 Å². The number of aryl methyl sites for hydroxylation is 2. The summed E-state index contributed by atoms with van der Waals surface area (Å²) in [7, 11) is 0. The second kappa shape index (κ2) is 9.23. The lowest BCUT2D eigenvalue weighted by Crippen LogP contribution is -1.91. The van der Waals surface area contributed by atoms with Crippen LogP contribution in [0.3, 0.4) is 0 Å².